The molecule has 8 heteroatoms. The summed E-state index contributed by atoms with van der Waals surface area (Å²) in [7, 11) is -3.25. The Morgan fingerprint density at radius 1 is 1.12 bits per heavy atom. The van der Waals surface area contributed by atoms with Crippen LogP contribution in [-0.2, 0) is 28.6 Å². The predicted octanol–water partition coefficient (Wildman–Crippen LogP) is 2.89. The van der Waals surface area contributed by atoms with Gasteiger partial charge in [0, 0.05) is 29.8 Å². The smallest absolute Gasteiger partial charge is 0.251 e. The average Bonchev–Trinajstić information content (AvgIpc) is 2.54. The molecular formula is C18H16F3NO3S. The van der Waals surface area contributed by atoms with Crippen LogP contribution < -0.4 is 5.32 Å². The van der Waals surface area contributed by atoms with Gasteiger partial charge in [0.2, 0.25) is 0 Å². The fraction of sp³-hybridized carbons (Fsp3) is 0.278. The summed E-state index contributed by atoms with van der Waals surface area (Å²) < 4.78 is 64.2. The Morgan fingerprint density at radius 2 is 1.77 bits per heavy atom. The Labute approximate surface area is 149 Å². The van der Waals surface area contributed by atoms with E-state index in [2.05, 4.69) is 5.32 Å². The average molecular weight is 383 g/mol. The van der Waals surface area contributed by atoms with Gasteiger partial charge in [0.25, 0.3) is 5.91 Å². The summed E-state index contributed by atoms with van der Waals surface area (Å²) in [6.45, 7) is 1.19. The second-order valence-corrected chi connectivity index (χ2v) is 8.76. The van der Waals surface area contributed by atoms with Crippen molar-refractivity contribution in [3.05, 3.63) is 70.0 Å². The molecule has 0 saturated heterocycles. The third-order valence-corrected chi connectivity index (χ3v) is 6.58. The number of amides is 1. The fourth-order valence-corrected chi connectivity index (χ4v) is 4.33. The second-order valence-electron chi connectivity index (χ2n) is 6.34. The van der Waals surface area contributed by atoms with Gasteiger partial charge in [-0.1, -0.05) is 6.07 Å². The normalized spacial score (nSPS) is 18.2. The Balaban J connectivity index is 1.78. The first kappa shape index (κ1) is 18.4. The quantitative estimate of drug-likeness (QED) is 0.887. The van der Waals surface area contributed by atoms with Crippen molar-refractivity contribution in [2.75, 3.05) is 0 Å². The minimum Gasteiger partial charge on any atom is -0.348 e. The van der Waals surface area contributed by atoms with Crippen LogP contribution in [0.15, 0.2) is 30.3 Å². The van der Waals surface area contributed by atoms with Crippen molar-refractivity contribution in [3.8, 4) is 0 Å². The molecule has 26 heavy (non-hydrogen) atoms. The highest BCUT2D eigenvalue weighted by Crippen LogP contribution is 2.26. The van der Waals surface area contributed by atoms with E-state index < -0.39 is 50.6 Å². The lowest BCUT2D eigenvalue weighted by molar-refractivity contribution is 0.0950. The van der Waals surface area contributed by atoms with Crippen molar-refractivity contribution in [2.24, 2.45) is 0 Å². The van der Waals surface area contributed by atoms with Crippen LogP contribution in [0, 0.1) is 17.5 Å². The summed E-state index contributed by atoms with van der Waals surface area (Å²) in [5.74, 6) is -3.97. The lowest BCUT2D eigenvalue weighted by atomic mass is 10.0. The molecule has 0 saturated carbocycles. The topological polar surface area (TPSA) is 63.2 Å². The fourth-order valence-electron chi connectivity index (χ4n) is 2.91. The summed E-state index contributed by atoms with van der Waals surface area (Å²) in [5.41, 5.74) is 1.15. The molecule has 1 N–H and O–H groups in total. The number of hydrogen-bond donors (Lipinski definition) is 1. The van der Waals surface area contributed by atoms with Crippen LogP contribution in [0.4, 0.5) is 13.2 Å². The Kier molecular flexibility index (Phi) is 4.79. The zero-order chi connectivity index (χ0) is 19.1. The van der Waals surface area contributed by atoms with Gasteiger partial charge in [-0.2, -0.15) is 0 Å². The van der Waals surface area contributed by atoms with Crippen LogP contribution in [0.1, 0.15) is 34.0 Å². The summed E-state index contributed by atoms with van der Waals surface area (Å²) in [6.07, 6.45) is 0.381. The predicted molar refractivity (Wildman–Crippen MR) is 89.7 cm³/mol. The molecular weight excluding hydrogens is 367 g/mol. The van der Waals surface area contributed by atoms with Crippen molar-refractivity contribution in [1.82, 2.24) is 5.32 Å². The minimum absolute atomic E-state index is 0.147. The Morgan fingerprint density at radius 3 is 2.42 bits per heavy atom. The molecule has 2 aromatic carbocycles. The summed E-state index contributed by atoms with van der Waals surface area (Å²) in [6, 6.07) is 5.78. The van der Waals surface area contributed by atoms with Crippen LogP contribution in [0.2, 0.25) is 0 Å². The number of hydrogen-bond acceptors (Lipinski definition) is 3. The van der Waals surface area contributed by atoms with Gasteiger partial charge in [0.05, 0.1) is 11.0 Å². The lowest BCUT2D eigenvalue weighted by Gasteiger charge is -2.22. The zero-order valence-electron chi connectivity index (χ0n) is 13.9. The SMILES string of the molecule is CC1Cc2ccc(C(=O)NCc3c(F)cc(F)cc3F)cc2CS1(=O)=O. The van der Waals surface area contributed by atoms with E-state index in [1.165, 1.54) is 12.1 Å². The van der Waals surface area contributed by atoms with Crippen LogP contribution in [-0.4, -0.2) is 19.6 Å². The molecule has 0 fully saturated rings. The van der Waals surface area contributed by atoms with E-state index in [0.717, 1.165) is 5.56 Å². The molecule has 2 aromatic rings. The first-order chi connectivity index (χ1) is 12.2. The van der Waals surface area contributed by atoms with Crippen molar-refractivity contribution in [3.63, 3.8) is 0 Å². The molecule has 0 radical (unpaired) electrons. The van der Waals surface area contributed by atoms with Crippen molar-refractivity contribution in [2.45, 2.75) is 30.9 Å². The number of carbonyl (C=O) groups excluding carboxylic acids is 1. The van der Waals surface area contributed by atoms with Gasteiger partial charge in [-0.25, -0.2) is 21.6 Å². The largest absolute Gasteiger partial charge is 0.348 e. The number of carbonyl (C=O) groups is 1. The highest BCUT2D eigenvalue weighted by atomic mass is 32.2. The Bertz CT molecular complexity index is 966. The van der Waals surface area contributed by atoms with E-state index in [1.54, 1.807) is 13.0 Å². The number of rotatable bonds is 3. The van der Waals surface area contributed by atoms with E-state index in [4.69, 9.17) is 0 Å². The second kappa shape index (κ2) is 6.75. The minimum atomic E-state index is -3.25. The number of fused-ring (bicyclic) bond motifs is 1. The van der Waals surface area contributed by atoms with Gasteiger partial charge < -0.3 is 5.32 Å². The van der Waals surface area contributed by atoms with Gasteiger partial charge in [-0.05, 0) is 36.6 Å². The number of nitrogens with one attached hydrogen (secondary N) is 1. The van der Waals surface area contributed by atoms with Crippen LogP contribution in [0.3, 0.4) is 0 Å². The molecule has 0 aliphatic carbocycles. The molecule has 0 bridgehead atoms. The van der Waals surface area contributed by atoms with E-state index in [0.29, 0.717) is 24.1 Å². The van der Waals surface area contributed by atoms with Gasteiger partial charge >= 0.3 is 0 Å². The van der Waals surface area contributed by atoms with E-state index >= 15 is 0 Å². The van der Waals surface area contributed by atoms with Crippen molar-refractivity contribution in [1.29, 1.82) is 0 Å². The first-order valence-electron chi connectivity index (χ1n) is 7.92. The third kappa shape index (κ3) is 3.60. The number of halogens is 3. The number of sulfone groups is 1. The highest BCUT2D eigenvalue weighted by molar-refractivity contribution is 7.91. The van der Waals surface area contributed by atoms with Gasteiger partial charge in [-0.3, -0.25) is 4.79 Å². The molecule has 3 rings (SSSR count). The van der Waals surface area contributed by atoms with E-state index in [9.17, 15) is 26.4 Å². The molecule has 1 atom stereocenters. The molecule has 0 aromatic heterocycles. The number of benzene rings is 2. The summed E-state index contributed by atoms with van der Waals surface area (Å²) >= 11 is 0. The molecule has 1 aliphatic rings. The molecule has 1 aliphatic heterocycles. The lowest BCUT2D eigenvalue weighted by Crippen LogP contribution is -2.29. The van der Waals surface area contributed by atoms with E-state index in [-0.39, 0.29) is 11.3 Å². The maximum absolute atomic E-state index is 13.6. The molecule has 1 heterocycles. The van der Waals surface area contributed by atoms with Gasteiger partial charge in [0.1, 0.15) is 17.5 Å². The molecule has 1 unspecified atom stereocenters. The maximum atomic E-state index is 13.6. The van der Waals surface area contributed by atoms with Crippen molar-refractivity contribution < 1.29 is 26.4 Å². The van der Waals surface area contributed by atoms with E-state index in [1.807, 2.05) is 0 Å². The monoisotopic (exact) mass is 383 g/mol. The van der Waals surface area contributed by atoms with Gasteiger partial charge in [0.15, 0.2) is 9.84 Å². The molecule has 0 spiro atoms. The maximum Gasteiger partial charge on any atom is 0.251 e. The van der Waals surface area contributed by atoms with Crippen LogP contribution in [0.5, 0.6) is 0 Å². The zero-order valence-corrected chi connectivity index (χ0v) is 14.7. The standard InChI is InChI=1S/C18H16F3NO3S/c1-10-4-11-2-3-12(5-13(11)9-26(10,24)25)18(23)22-8-15-16(20)6-14(19)7-17(15)21/h2-3,5-7,10H,4,8-9H2,1H3,(H,22,23). The summed E-state index contributed by atoms with van der Waals surface area (Å²) in [5, 5.41) is 1.89. The van der Waals surface area contributed by atoms with Gasteiger partial charge in [-0.15, -0.1) is 0 Å². The molecule has 1 amide bonds. The van der Waals surface area contributed by atoms with Crippen molar-refractivity contribution >= 4 is 15.7 Å². The van der Waals surface area contributed by atoms with Crippen LogP contribution in [0.25, 0.3) is 0 Å². The first-order valence-corrected chi connectivity index (χ1v) is 9.64. The summed E-state index contributed by atoms with van der Waals surface area (Å²) in [4.78, 5) is 12.2. The highest BCUT2D eigenvalue weighted by Gasteiger charge is 2.29. The Hall–Kier alpha value is -2.35. The molecule has 4 nitrogen and oxygen atoms in total. The van der Waals surface area contributed by atoms with Crippen LogP contribution >= 0.6 is 0 Å². The molecule has 138 valence electrons. The third-order valence-electron chi connectivity index (χ3n) is 4.48.